The molecule has 0 radical (unpaired) electrons. The van der Waals surface area contributed by atoms with Crippen molar-refractivity contribution < 1.29 is 14.0 Å². The molecule has 1 aromatic carbocycles. The van der Waals surface area contributed by atoms with Crippen molar-refractivity contribution in [2.24, 2.45) is 0 Å². The van der Waals surface area contributed by atoms with Crippen LogP contribution in [0.3, 0.4) is 0 Å². The van der Waals surface area contributed by atoms with Gasteiger partial charge in [0, 0.05) is 34.7 Å². The fraction of sp³-hybridized carbons (Fsp3) is 0.316. The third-order valence-corrected chi connectivity index (χ3v) is 5.25. The smallest absolute Gasteiger partial charge is 0.231 e. The van der Waals surface area contributed by atoms with E-state index in [1.807, 2.05) is 18.2 Å². The maximum absolute atomic E-state index is 5.80. The first kappa shape index (κ1) is 14.5. The fourth-order valence-electron chi connectivity index (χ4n) is 3.84. The highest BCUT2D eigenvalue weighted by atomic mass is 16.5. The summed E-state index contributed by atoms with van der Waals surface area (Å²) >= 11 is 0. The number of pyridine rings is 1. The number of rotatable bonds is 3. The van der Waals surface area contributed by atoms with Crippen LogP contribution in [0.5, 0.6) is 11.6 Å². The molecule has 5 rings (SSSR count). The molecule has 1 aliphatic heterocycles. The Hall–Kier alpha value is -2.89. The normalized spacial score (nSPS) is 23.8. The highest BCUT2D eigenvalue weighted by Crippen LogP contribution is 2.65. The average Bonchev–Trinajstić information content (AvgIpc) is 3.16. The summed E-state index contributed by atoms with van der Waals surface area (Å²) in [5.41, 5.74) is 2.18. The van der Waals surface area contributed by atoms with Crippen molar-refractivity contribution in [3.8, 4) is 23.0 Å². The SMILES string of the molecule is COc1cc(-c2noc([C@@H]3C[C@@]34CCOc3ccccc34)n2)ccn1. The predicted molar refractivity (Wildman–Crippen MR) is 89.7 cm³/mol. The average molecular weight is 335 g/mol. The molecule has 0 unspecified atom stereocenters. The van der Waals surface area contributed by atoms with Crippen molar-refractivity contribution in [2.75, 3.05) is 13.7 Å². The zero-order chi connectivity index (χ0) is 16.9. The summed E-state index contributed by atoms with van der Waals surface area (Å²) in [5.74, 6) is 3.03. The van der Waals surface area contributed by atoms with Crippen LogP contribution in [0.15, 0.2) is 47.1 Å². The van der Waals surface area contributed by atoms with Crippen molar-refractivity contribution in [3.05, 3.63) is 54.0 Å². The molecule has 25 heavy (non-hydrogen) atoms. The molecule has 0 saturated heterocycles. The van der Waals surface area contributed by atoms with Gasteiger partial charge in [0.2, 0.25) is 17.6 Å². The van der Waals surface area contributed by atoms with Crippen LogP contribution in [0.2, 0.25) is 0 Å². The molecule has 3 aromatic rings. The molecule has 1 spiro atoms. The summed E-state index contributed by atoms with van der Waals surface area (Å²) in [6.45, 7) is 0.732. The molecular weight excluding hydrogens is 318 g/mol. The maximum atomic E-state index is 5.80. The van der Waals surface area contributed by atoms with Gasteiger partial charge in [-0.2, -0.15) is 4.98 Å². The lowest BCUT2D eigenvalue weighted by Gasteiger charge is -2.26. The topological polar surface area (TPSA) is 70.3 Å². The van der Waals surface area contributed by atoms with E-state index in [0.717, 1.165) is 30.8 Å². The van der Waals surface area contributed by atoms with Gasteiger partial charge in [-0.1, -0.05) is 23.4 Å². The number of methoxy groups -OCH3 is 1. The molecule has 6 heteroatoms. The lowest BCUT2D eigenvalue weighted by Crippen LogP contribution is -2.21. The van der Waals surface area contributed by atoms with Gasteiger partial charge in [0.1, 0.15) is 5.75 Å². The minimum absolute atomic E-state index is 0.0780. The molecule has 1 saturated carbocycles. The third-order valence-electron chi connectivity index (χ3n) is 5.25. The molecule has 2 aliphatic rings. The van der Waals surface area contributed by atoms with Crippen molar-refractivity contribution in [2.45, 2.75) is 24.2 Å². The number of hydrogen-bond donors (Lipinski definition) is 0. The van der Waals surface area contributed by atoms with Gasteiger partial charge in [-0.05, 0) is 25.0 Å². The largest absolute Gasteiger partial charge is 0.493 e. The van der Waals surface area contributed by atoms with Crippen molar-refractivity contribution in [1.82, 2.24) is 15.1 Å². The number of nitrogens with zero attached hydrogens (tertiary/aromatic N) is 3. The van der Waals surface area contributed by atoms with Gasteiger partial charge in [-0.15, -0.1) is 0 Å². The van der Waals surface area contributed by atoms with E-state index in [0.29, 0.717) is 17.6 Å². The standard InChI is InChI=1S/C19H17N3O3/c1-23-16-10-12(6-8-20-16)17-21-18(25-22-17)14-11-19(14)7-9-24-15-5-3-2-4-13(15)19/h2-6,8,10,14H,7,9,11H2,1H3/t14-,19+/m0/s1. The van der Waals surface area contributed by atoms with Gasteiger partial charge in [0.05, 0.1) is 13.7 Å². The quantitative estimate of drug-likeness (QED) is 0.731. The summed E-state index contributed by atoms with van der Waals surface area (Å²) in [7, 11) is 1.59. The van der Waals surface area contributed by atoms with E-state index >= 15 is 0 Å². The Labute approximate surface area is 144 Å². The second kappa shape index (κ2) is 5.31. The van der Waals surface area contributed by atoms with E-state index in [-0.39, 0.29) is 11.3 Å². The minimum atomic E-state index is 0.0780. The van der Waals surface area contributed by atoms with Crippen LogP contribution in [0, 0.1) is 0 Å². The monoisotopic (exact) mass is 335 g/mol. The molecule has 1 aliphatic carbocycles. The summed E-state index contributed by atoms with van der Waals surface area (Å²) < 4.78 is 16.6. The van der Waals surface area contributed by atoms with Gasteiger partial charge in [0.15, 0.2) is 0 Å². The number of aromatic nitrogens is 3. The lowest BCUT2D eigenvalue weighted by molar-refractivity contribution is 0.254. The Kier molecular flexibility index (Phi) is 3.07. The second-order valence-corrected chi connectivity index (χ2v) is 6.55. The van der Waals surface area contributed by atoms with Gasteiger partial charge in [-0.25, -0.2) is 4.98 Å². The molecule has 0 bridgehead atoms. The summed E-state index contributed by atoms with van der Waals surface area (Å²) in [6, 6.07) is 11.9. The van der Waals surface area contributed by atoms with E-state index in [1.54, 1.807) is 19.4 Å². The van der Waals surface area contributed by atoms with Crippen molar-refractivity contribution in [3.63, 3.8) is 0 Å². The first-order valence-electron chi connectivity index (χ1n) is 8.36. The molecule has 2 atom stereocenters. The second-order valence-electron chi connectivity index (χ2n) is 6.55. The molecule has 1 fully saturated rings. The van der Waals surface area contributed by atoms with E-state index in [4.69, 9.17) is 14.0 Å². The lowest BCUT2D eigenvalue weighted by atomic mass is 9.87. The fourth-order valence-corrected chi connectivity index (χ4v) is 3.84. The number of hydrogen-bond acceptors (Lipinski definition) is 6. The third kappa shape index (κ3) is 2.21. The highest BCUT2D eigenvalue weighted by Gasteiger charge is 2.60. The Bertz CT molecular complexity index is 939. The van der Waals surface area contributed by atoms with Crippen molar-refractivity contribution >= 4 is 0 Å². The first-order valence-corrected chi connectivity index (χ1v) is 8.36. The number of benzene rings is 1. The van der Waals surface area contributed by atoms with Crippen LogP contribution in [0.1, 0.15) is 30.2 Å². The first-order chi connectivity index (χ1) is 12.3. The van der Waals surface area contributed by atoms with Crippen LogP contribution in [-0.2, 0) is 5.41 Å². The number of fused-ring (bicyclic) bond motifs is 2. The van der Waals surface area contributed by atoms with Gasteiger partial charge >= 0.3 is 0 Å². The summed E-state index contributed by atoms with van der Waals surface area (Å²) in [4.78, 5) is 8.75. The Morgan fingerprint density at radius 1 is 1.24 bits per heavy atom. The van der Waals surface area contributed by atoms with E-state index in [2.05, 4.69) is 27.3 Å². The van der Waals surface area contributed by atoms with Crippen LogP contribution in [0.25, 0.3) is 11.4 Å². The molecule has 2 aromatic heterocycles. The molecule has 0 N–H and O–H groups in total. The summed E-state index contributed by atoms with van der Waals surface area (Å²) in [5, 5.41) is 4.16. The molecule has 3 heterocycles. The predicted octanol–water partition coefficient (Wildman–Crippen LogP) is 3.35. The molecule has 0 amide bonds. The summed E-state index contributed by atoms with van der Waals surface area (Å²) in [6.07, 6.45) is 3.68. The molecular formula is C19H17N3O3. The van der Waals surface area contributed by atoms with E-state index < -0.39 is 0 Å². The number of para-hydroxylation sites is 1. The Morgan fingerprint density at radius 2 is 2.16 bits per heavy atom. The van der Waals surface area contributed by atoms with Crippen LogP contribution < -0.4 is 9.47 Å². The zero-order valence-corrected chi connectivity index (χ0v) is 13.8. The van der Waals surface area contributed by atoms with Gasteiger partial charge < -0.3 is 14.0 Å². The van der Waals surface area contributed by atoms with Crippen LogP contribution >= 0.6 is 0 Å². The van der Waals surface area contributed by atoms with E-state index in [1.165, 1.54) is 5.56 Å². The zero-order valence-electron chi connectivity index (χ0n) is 13.8. The van der Waals surface area contributed by atoms with Gasteiger partial charge in [0.25, 0.3) is 0 Å². The Morgan fingerprint density at radius 3 is 3.08 bits per heavy atom. The Balaban J connectivity index is 1.46. The maximum Gasteiger partial charge on any atom is 0.231 e. The van der Waals surface area contributed by atoms with Gasteiger partial charge in [-0.3, -0.25) is 0 Å². The number of ether oxygens (including phenoxy) is 2. The molecule has 6 nitrogen and oxygen atoms in total. The van der Waals surface area contributed by atoms with E-state index in [9.17, 15) is 0 Å². The molecule has 126 valence electrons. The van der Waals surface area contributed by atoms with Crippen LogP contribution in [-0.4, -0.2) is 28.8 Å². The minimum Gasteiger partial charge on any atom is -0.493 e. The highest BCUT2D eigenvalue weighted by molar-refractivity contribution is 5.56. The van der Waals surface area contributed by atoms with Crippen molar-refractivity contribution in [1.29, 1.82) is 0 Å². The van der Waals surface area contributed by atoms with Crippen LogP contribution in [0.4, 0.5) is 0 Å².